The van der Waals surface area contributed by atoms with E-state index < -0.39 is 23.0 Å². The summed E-state index contributed by atoms with van der Waals surface area (Å²) in [6.07, 6.45) is 3.65. The summed E-state index contributed by atoms with van der Waals surface area (Å²) in [6.45, 7) is 2.26. The van der Waals surface area contributed by atoms with Crippen LogP contribution in [0.5, 0.6) is 0 Å². The number of nitrogens with zero attached hydrogens (tertiary/aromatic N) is 4. The van der Waals surface area contributed by atoms with Crippen LogP contribution >= 0.6 is 0 Å². The van der Waals surface area contributed by atoms with Gasteiger partial charge in [0.05, 0.1) is 30.7 Å². The first kappa shape index (κ1) is 23.7. The topological polar surface area (TPSA) is 140 Å². The lowest BCUT2D eigenvalue weighted by atomic mass is 10.0. The summed E-state index contributed by atoms with van der Waals surface area (Å²) >= 11 is 0. The molecular weight excluding hydrogens is 434 g/mol. The van der Waals surface area contributed by atoms with Crippen LogP contribution in [0.3, 0.4) is 0 Å². The monoisotopic (exact) mass is 456 g/mol. The Hall–Kier alpha value is -3.99. The van der Waals surface area contributed by atoms with Crippen molar-refractivity contribution >= 4 is 23.0 Å². The molecule has 2 aromatic heterocycles. The molecule has 0 aliphatic heterocycles. The molecule has 2 heterocycles. The Balaban J connectivity index is 1.89. The third-order valence-electron chi connectivity index (χ3n) is 4.73. The van der Waals surface area contributed by atoms with Crippen LogP contribution in [0.15, 0.2) is 58.4 Å². The standard InChI is InChI=1S/C22H22F2N6O3/c1-13(31)22(2,32)12-28-20-16(24)11-27-21(29-20)17(25)9-19(18-7-8-33-30-18)26-10-14-5-3-4-6-15(14)23/h3-9,11,32H,10,12,25H2,1-2H3,(H,27,28,29). The van der Waals surface area contributed by atoms with E-state index in [9.17, 15) is 18.7 Å². The van der Waals surface area contributed by atoms with Gasteiger partial charge in [0.25, 0.3) is 0 Å². The number of aliphatic hydroxyl groups is 1. The van der Waals surface area contributed by atoms with Crippen LogP contribution in [0.4, 0.5) is 14.6 Å². The van der Waals surface area contributed by atoms with Gasteiger partial charge >= 0.3 is 0 Å². The highest BCUT2D eigenvalue weighted by Gasteiger charge is 2.26. The van der Waals surface area contributed by atoms with Crippen LogP contribution in [0.25, 0.3) is 5.70 Å². The number of allylic oxidation sites excluding steroid dienone is 1. The number of carbonyl (C=O) groups excluding carboxylic acids is 1. The molecule has 0 spiro atoms. The van der Waals surface area contributed by atoms with Gasteiger partial charge in [0.1, 0.15) is 23.4 Å². The zero-order chi connectivity index (χ0) is 24.0. The van der Waals surface area contributed by atoms with Crippen LogP contribution in [0, 0.1) is 11.6 Å². The molecule has 1 aromatic carbocycles. The summed E-state index contributed by atoms with van der Waals surface area (Å²) in [5.41, 5.74) is 5.41. The fraction of sp³-hybridized carbons (Fsp3) is 0.227. The molecule has 1 unspecified atom stereocenters. The molecule has 33 heavy (non-hydrogen) atoms. The van der Waals surface area contributed by atoms with Crippen LogP contribution in [-0.4, -0.2) is 43.9 Å². The first-order chi connectivity index (χ1) is 15.7. The van der Waals surface area contributed by atoms with Crippen molar-refractivity contribution in [1.29, 1.82) is 0 Å². The molecule has 3 aromatic rings. The number of ketones is 1. The Labute approximate surface area is 188 Å². The Kier molecular flexibility index (Phi) is 7.23. The number of anilines is 1. The molecule has 172 valence electrons. The predicted molar refractivity (Wildman–Crippen MR) is 117 cm³/mol. The van der Waals surface area contributed by atoms with Crippen LogP contribution in [-0.2, 0) is 11.3 Å². The van der Waals surface area contributed by atoms with E-state index in [4.69, 9.17) is 10.3 Å². The molecule has 9 nitrogen and oxygen atoms in total. The highest BCUT2D eigenvalue weighted by molar-refractivity contribution is 6.10. The van der Waals surface area contributed by atoms with Crippen molar-refractivity contribution in [3.05, 3.63) is 77.6 Å². The molecule has 0 saturated heterocycles. The van der Waals surface area contributed by atoms with Crippen molar-refractivity contribution < 1.29 is 23.2 Å². The number of aromatic nitrogens is 3. The molecule has 0 radical (unpaired) electrons. The van der Waals surface area contributed by atoms with E-state index in [0.717, 1.165) is 6.20 Å². The zero-order valence-electron chi connectivity index (χ0n) is 17.9. The largest absolute Gasteiger partial charge is 0.396 e. The van der Waals surface area contributed by atoms with E-state index in [0.29, 0.717) is 11.3 Å². The van der Waals surface area contributed by atoms with Crippen LogP contribution in [0.2, 0.25) is 0 Å². The van der Waals surface area contributed by atoms with Crippen molar-refractivity contribution in [2.75, 3.05) is 11.9 Å². The number of nitrogens with two attached hydrogens (primary N) is 1. The van der Waals surface area contributed by atoms with E-state index in [2.05, 4.69) is 25.4 Å². The van der Waals surface area contributed by atoms with Gasteiger partial charge in [-0.2, -0.15) is 0 Å². The maximum Gasteiger partial charge on any atom is 0.183 e. The SMILES string of the molecule is CC(=O)C(C)(O)CNc1nc(C(N)=CC(=NCc2ccccc2F)c2ccon2)ncc1F. The lowest BCUT2D eigenvalue weighted by Gasteiger charge is -2.20. The molecule has 0 fully saturated rings. The lowest BCUT2D eigenvalue weighted by molar-refractivity contribution is -0.132. The Morgan fingerprint density at radius 2 is 2.06 bits per heavy atom. The van der Waals surface area contributed by atoms with Crippen molar-refractivity contribution in [3.8, 4) is 0 Å². The van der Waals surface area contributed by atoms with Crippen molar-refractivity contribution in [2.45, 2.75) is 26.0 Å². The van der Waals surface area contributed by atoms with E-state index in [1.165, 1.54) is 32.3 Å². The molecule has 0 aliphatic rings. The van der Waals surface area contributed by atoms with Crippen molar-refractivity contribution in [3.63, 3.8) is 0 Å². The summed E-state index contributed by atoms with van der Waals surface area (Å²) in [4.78, 5) is 23.7. The average molecular weight is 456 g/mol. The number of rotatable bonds is 9. The zero-order valence-corrected chi connectivity index (χ0v) is 17.9. The number of benzene rings is 1. The molecule has 0 aliphatic carbocycles. The number of halogens is 2. The Morgan fingerprint density at radius 3 is 2.73 bits per heavy atom. The summed E-state index contributed by atoms with van der Waals surface area (Å²) in [6, 6.07) is 7.75. The van der Waals surface area contributed by atoms with Crippen molar-refractivity contribution in [2.24, 2.45) is 10.7 Å². The normalized spacial score (nSPS) is 14.1. The Bertz CT molecular complexity index is 1190. The van der Waals surface area contributed by atoms with Gasteiger partial charge in [-0.05, 0) is 26.0 Å². The van der Waals surface area contributed by atoms with Crippen LogP contribution in [0.1, 0.15) is 30.9 Å². The summed E-state index contributed by atoms with van der Waals surface area (Å²) in [7, 11) is 0. The fourth-order valence-corrected chi connectivity index (χ4v) is 2.56. The molecule has 1 atom stereocenters. The molecule has 11 heteroatoms. The smallest absolute Gasteiger partial charge is 0.183 e. The maximum atomic E-state index is 14.1. The number of nitrogens with one attached hydrogen (secondary N) is 1. The summed E-state index contributed by atoms with van der Waals surface area (Å²) in [5, 5.41) is 16.5. The Morgan fingerprint density at radius 1 is 1.30 bits per heavy atom. The second kappa shape index (κ2) is 10.1. The second-order valence-corrected chi connectivity index (χ2v) is 7.35. The van der Waals surface area contributed by atoms with E-state index in [1.54, 1.807) is 24.3 Å². The fourth-order valence-electron chi connectivity index (χ4n) is 2.56. The quantitative estimate of drug-likeness (QED) is 0.417. The van der Waals surface area contributed by atoms with E-state index in [-0.39, 0.29) is 36.1 Å². The van der Waals surface area contributed by atoms with E-state index in [1.807, 2.05) is 0 Å². The van der Waals surface area contributed by atoms with Gasteiger partial charge in [0, 0.05) is 11.6 Å². The molecule has 3 rings (SSSR count). The molecule has 4 N–H and O–H groups in total. The summed E-state index contributed by atoms with van der Waals surface area (Å²) in [5.74, 6) is -1.98. The van der Waals surface area contributed by atoms with Crippen molar-refractivity contribution in [1.82, 2.24) is 15.1 Å². The summed E-state index contributed by atoms with van der Waals surface area (Å²) < 4.78 is 33.0. The number of hydrogen-bond donors (Lipinski definition) is 3. The van der Waals surface area contributed by atoms with Gasteiger partial charge < -0.3 is 20.7 Å². The molecule has 0 amide bonds. The number of Topliss-reactive ketones (excluding diaryl/α,β-unsaturated/α-hetero) is 1. The number of carbonyl (C=O) groups is 1. The number of hydrogen-bond acceptors (Lipinski definition) is 9. The van der Waals surface area contributed by atoms with Crippen LogP contribution < -0.4 is 11.1 Å². The molecule has 0 bridgehead atoms. The lowest BCUT2D eigenvalue weighted by Crippen LogP contribution is -2.40. The van der Waals surface area contributed by atoms with Gasteiger partial charge in [-0.3, -0.25) is 9.79 Å². The van der Waals surface area contributed by atoms with Gasteiger partial charge in [-0.1, -0.05) is 23.4 Å². The third-order valence-corrected chi connectivity index (χ3v) is 4.73. The minimum Gasteiger partial charge on any atom is -0.396 e. The number of aliphatic imine (C=N–C) groups is 1. The average Bonchev–Trinajstić information content (AvgIpc) is 3.31. The van der Waals surface area contributed by atoms with Gasteiger partial charge in [0.2, 0.25) is 0 Å². The maximum absolute atomic E-state index is 14.1. The predicted octanol–water partition coefficient (Wildman–Crippen LogP) is 2.48. The van der Waals surface area contributed by atoms with E-state index >= 15 is 0 Å². The first-order valence-corrected chi connectivity index (χ1v) is 9.83. The van der Waals surface area contributed by atoms with Gasteiger partial charge in [0.15, 0.2) is 23.2 Å². The highest BCUT2D eigenvalue weighted by atomic mass is 19.1. The highest BCUT2D eigenvalue weighted by Crippen LogP contribution is 2.16. The first-order valence-electron chi connectivity index (χ1n) is 9.83. The third kappa shape index (κ3) is 6.04. The van der Waals surface area contributed by atoms with Gasteiger partial charge in [-0.15, -0.1) is 0 Å². The second-order valence-electron chi connectivity index (χ2n) is 7.35. The molecular formula is C22H22F2N6O3. The minimum atomic E-state index is -1.71. The molecule has 0 saturated carbocycles. The minimum absolute atomic E-state index is 0.00978. The van der Waals surface area contributed by atoms with Gasteiger partial charge in [-0.25, -0.2) is 18.7 Å².